The first-order valence-corrected chi connectivity index (χ1v) is 2.91. The van der Waals surface area contributed by atoms with Gasteiger partial charge in [-0.05, 0) is 12.2 Å². The molecule has 1 aliphatic rings. The van der Waals surface area contributed by atoms with Crippen LogP contribution in [0.4, 0.5) is 13.2 Å². The van der Waals surface area contributed by atoms with Gasteiger partial charge in [0.15, 0.2) is 0 Å². The van der Waals surface area contributed by atoms with Gasteiger partial charge in [0, 0.05) is 0 Å². The Bertz CT molecular complexity index is 270. The van der Waals surface area contributed by atoms with Crippen LogP contribution in [0.5, 0.6) is 0 Å². The lowest BCUT2D eigenvalue weighted by Gasteiger charge is -2.13. The Labute approximate surface area is 61.4 Å². The van der Waals surface area contributed by atoms with Gasteiger partial charge in [0.1, 0.15) is 11.9 Å². The van der Waals surface area contributed by atoms with Crippen LogP contribution in [0.2, 0.25) is 0 Å². The second-order valence-electron chi connectivity index (χ2n) is 2.20. The molecule has 0 aromatic rings. The molecule has 0 aliphatic heterocycles. The van der Waals surface area contributed by atoms with Gasteiger partial charge in [-0.3, -0.25) is 0 Å². The molecule has 1 rings (SSSR count). The molecule has 0 aromatic heterocycles. The molecule has 0 saturated carbocycles. The van der Waals surface area contributed by atoms with Crippen molar-refractivity contribution >= 4 is 0 Å². The van der Waals surface area contributed by atoms with Crippen molar-refractivity contribution in [1.82, 2.24) is 0 Å². The van der Waals surface area contributed by atoms with Gasteiger partial charge >= 0.3 is 0 Å². The fourth-order valence-electron chi connectivity index (χ4n) is 0.755. The second kappa shape index (κ2) is 2.42. The normalized spacial score (nSPS) is 21.6. The Morgan fingerprint density at radius 1 is 1.55 bits per heavy atom. The summed E-state index contributed by atoms with van der Waals surface area (Å²) in [6.45, 7) is 0. The number of halogens is 3. The molecule has 1 nitrogen and oxygen atoms in total. The van der Waals surface area contributed by atoms with E-state index < -0.39 is 18.2 Å². The summed E-state index contributed by atoms with van der Waals surface area (Å²) in [5, 5.41) is 8.19. The number of alkyl halides is 2. The first-order valence-electron chi connectivity index (χ1n) is 2.91. The van der Waals surface area contributed by atoms with Crippen molar-refractivity contribution in [1.29, 1.82) is 5.26 Å². The largest absolute Gasteiger partial charge is 0.273 e. The van der Waals surface area contributed by atoms with E-state index in [1.807, 2.05) is 0 Å². The Morgan fingerprint density at radius 2 is 2.18 bits per heavy atom. The van der Waals surface area contributed by atoms with Gasteiger partial charge in [-0.2, -0.15) is 5.26 Å². The minimum atomic E-state index is -3.13. The summed E-state index contributed by atoms with van der Waals surface area (Å²) in [5.74, 6) is -4.18. The van der Waals surface area contributed by atoms with Crippen LogP contribution in [0.15, 0.2) is 23.6 Å². The third kappa shape index (κ3) is 1.61. The van der Waals surface area contributed by atoms with Crippen LogP contribution in [-0.2, 0) is 0 Å². The fraction of sp³-hybridized carbons (Fsp3) is 0.286. The zero-order valence-electron chi connectivity index (χ0n) is 5.44. The number of nitriles is 1. The fourth-order valence-corrected chi connectivity index (χ4v) is 0.755. The predicted molar refractivity (Wildman–Crippen MR) is 32.5 cm³/mol. The molecule has 0 unspecified atom stereocenters. The number of nitrogens with zero attached hydrogens (tertiary/aromatic N) is 1. The smallest absolute Gasteiger partial charge is 0.210 e. The summed E-state index contributed by atoms with van der Waals surface area (Å²) in [6, 6.07) is 1.48. The molecule has 0 saturated heterocycles. The monoisotopic (exact) mass is 159 g/mol. The molecular formula is C7H4F3N. The van der Waals surface area contributed by atoms with Crippen LogP contribution in [0.1, 0.15) is 6.42 Å². The minimum Gasteiger partial charge on any atom is -0.210 e. The molecule has 0 aromatic carbocycles. The topological polar surface area (TPSA) is 23.8 Å². The standard InChI is InChI=1S/C7H4F3N/c8-6-3-7(9,10)2-1-5(6)4-11/h1-2H,3H2. The maximum absolute atomic E-state index is 12.5. The number of rotatable bonds is 0. The van der Waals surface area contributed by atoms with Gasteiger partial charge in [0.2, 0.25) is 0 Å². The number of hydrogen-bond acceptors (Lipinski definition) is 1. The Kier molecular flexibility index (Phi) is 1.73. The summed E-state index contributed by atoms with van der Waals surface area (Å²) < 4.78 is 37.1. The van der Waals surface area contributed by atoms with Crippen molar-refractivity contribution in [2.24, 2.45) is 0 Å². The van der Waals surface area contributed by atoms with E-state index in [-0.39, 0.29) is 5.57 Å². The minimum absolute atomic E-state index is 0.309. The zero-order chi connectivity index (χ0) is 8.48. The Balaban J connectivity index is 2.93. The highest BCUT2D eigenvalue weighted by molar-refractivity contribution is 5.39. The molecular weight excluding hydrogens is 155 g/mol. The van der Waals surface area contributed by atoms with Crippen LogP contribution < -0.4 is 0 Å². The average Bonchev–Trinajstić information content (AvgIpc) is 1.86. The van der Waals surface area contributed by atoms with Gasteiger partial charge < -0.3 is 0 Å². The van der Waals surface area contributed by atoms with E-state index in [0.29, 0.717) is 6.08 Å². The summed E-state index contributed by atoms with van der Waals surface area (Å²) in [4.78, 5) is 0. The second-order valence-corrected chi connectivity index (χ2v) is 2.20. The van der Waals surface area contributed by atoms with Crippen molar-refractivity contribution in [2.45, 2.75) is 12.3 Å². The average molecular weight is 159 g/mol. The first-order chi connectivity index (χ1) is 5.05. The quantitative estimate of drug-likeness (QED) is 0.532. The zero-order valence-corrected chi connectivity index (χ0v) is 5.44. The molecule has 0 spiro atoms. The van der Waals surface area contributed by atoms with E-state index in [4.69, 9.17) is 5.26 Å². The van der Waals surface area contributed by atoms with Crippen molar-refractivity contribution in [3.05, 3.63) is 23.6 Å². The highest BCUT2D eigenvalue weighted by Gasteiger charge is 2.31. The van der Waals surface area contributed by atoms with Crippen molar-refractivity contribution in [2.75, 3.05) is 0 Å². The molecule has 1 aliphatic carbocycles. The summed E-state index contributed by atoms with van der Waals surface area (Å²) in [7, 11) is 0. The first kappa shape index (κ1) is 7.86. The molecule has 0 radical (unpaired) electrons. The van der Waals surface area contributed by atoms with Crippen LogP contribution in [0, 0.1) is 11.3 Å². The lowest BCUT2D eigenvalue weighted by Crippen LogP contribution is -2.15. The summed E-state index contributed by atoms with van der Waals surface area (Å²) in [5.41, 5.74) is -0.309. The summed E-state index contributed by atoms with van der Waals surface area (Å²) >= 11 is 0. The van der Waals surface area contributed by atoms with E-state index in [1.165, 1.54) is 6.07 Å². The summed E-state index contributed by atoms with van der Waals surface area (Å²) in [6.07, 6.45) is 0.347. The van der Waals surface area contributed by atoms with E-state index in [1.54, 1.807) is 0 Å². The number of hydrogen-bond donors (Lipinski definition) is 0. The van der Waals surface area contributed by atoms with Gasteiger partial charge in [-0.1, -0.05) is 0 Å². The third-order valence-electron chi connectivity index (χ3n) is 1.30. The highest BCUT2D eigenvalue weighted by Crippen LogP contribution is 2.31. The predicted octanol–water partition coefficient (Wildman–Crippen LogP) is 2.33. The van der Waals surface area contributed by atoms with Crippen LogP contribution in [0.3, 0.4) is 0 Å². The third-order valence-corrected chi connectivity index (χ3v) is 1.30. The molecule has 0 bridgehead atoms. The van der Waals surface area contributed by atoms with Gasteiger partial charge in [-0.15, -0.1) is 0 Å². The lowest BCUT2D eigenvalue weighted by molar-refractivity contribution is 0.0479. The van der Waals surface area contributed by atoms with E-state index in [9.17, 15) is 13.2 Å². The van der Waals surface area contributed by atoms with E-state index in [2.05, 4.69) is 0 Å². The maximum atomic E-state index is 12.5. The van der Waals surface area contributed by atoms with Crippen LogP contribution >= 0.6 is 0 Å². The van der Waals surface area contributed by atoms with Gasteiger partial charge in [-0.25, -0.2) is 13.2 Å². The molecule has 0 atom stereocenters. The Morgan fingerprint density at radius 3 is 2.64 bits per heavy atom. The molecule has 11 heavy (non-hydrogen) atoms. The van der Waals surface area contributed by atoms with E-state index >= 15 is 0 Å². The van der Waals surface area contributed by atoms with Crippen LogP contribution in [-0.4, -0.2) is 5.92 Å². The lowest BCUT2D eigenvalue weighted by atomic mass is 10.0. The molecule has 0 amide bonds. The van der Waals surface area contributed by atoms with Gasteiger partial charge in [0.05, 0.1) is 12.0 Å². The van der Waals surface area contributed by atoms with E-state index in [0.717, 1.165) is 6.08 Å². The van der Waals surface area contributed by atoms with Crippen molar-refractivity contribution in [3.63, 3.8) is 0 Å². The maximum Gasteiger partial charge on any atom is 0.273 e. The van der Waals surface area contributed by atoms with Crippen molar-refractivity contribution < 1.29 is 13.2 Å². The van der Waals surface area contributed by atoms with Crippen molar-refractivity contribution in [3.8, 4) is 6.07 Å². The Hall–Kier alpha value is -1.24. The molecule has 0 fully saturated rings. The van der Waals surface area contributed by atoms with Gasteiger partial charge in [0.25, 0.3) is 5.92 Å². The number of allylic oxidation sites excluding steroid dienone is 4. The molecule has 4 heteroatoms. The van der Waals surface area contributed by atoms with Crippen LogP contribution in [0.25, 0.3) is 0 Å². The highest BCUT2D eigenvalue weighted by atomic mass is 19.3. The molecule has 0 heterocycles. The SMILES string of the molecule is N#CC1=C(F)CC(F)(F)C=C1. The molecule has 58 valence electrons. The molecule has 0 N–H and O–H groups in total.